The molecule has 0 unspecified atom stereocenters. The third-order valence-electron chi connectivity index (χ3n) is 7.93. The normalized spacial score (nSPS) is 17.9. The van der Waals surface area contributed by atoms with Gasteiger partial charge in [-0.1, -0.05) is 56.3 Å². The standard InChI is InChI=1S/C31H43N5O6/c1-20(2)15-23(27(37)31(3)11-12-31)32-28(38)24(16-21-9-6-5-7-10-21)33-30(40)26(19-41-4)34-29(39)25-17-22(42-35-25)18-36-13-8-14-36/h5-7,9-10,17,20,23-24,26H,8,11-16,18-19H2,1-4H3,(H,32,38)(H,33,40)(H,34,39)/t23-,24-,26-/m0/s1. The summed E-state index contributed by atoms with van der Waals surface area (Å²) in [6, 6.07) is 8.15. The van der Waals surface area contributed by atoms with Gasteiger partial charge < -0.3 is 25.2 Å². The van der Waals surface area contributed by atoms with E-state index in [0.29, 0.717) is 18.7 Å². The number of likely N-dealkylation sites (tertiary alicyclic amines) is 1. The highest BCUT2D eigenvalue weighted by molar-refractivity contribution is 5.98. The first-order valence-corrected chi connectivity index (χ1v) is 14.7. The maximum atomic E-state index is 13.6. The predicted octanol–water partition coefficient (Wildman–Crippen LogP) is 2.25. The Balaban J connectivity index is 1.46. The lowest BCUT2D eigenvalue weighted by molar-refractivity contribution is -0.133. The van der Waals surface area contributed by atoms with Gasteiger partial charge in [0.05, 0.1) is 19.2 Å². The number of ether oxygens (including phenoxy) is 1. The Morgan fingerprint density at radius 2 is 1.67 bits per heavy atom. The van der Waals surface area contributed by atoms with E-state index in [1.165, 1.54) is 7.11 Å². The number of rotatable bonds is 16. The van der Waals surface area contributed by atoms with Crippen LogP contribution in [0.5, 0.6) is 0 Å². The van der Waals surface area contributed by atoms with Crippen LogP contribution in [0.2, 0.25) is 0 Å². The van der Waals surface area contributed by atoms with Gasteiger partial charge in [-0.15, -0.1) is 0 Å². The highest BCUT2D eigenvalue weighted by Gasteiger charge is 2.48. The third-order valence-corrected chi connectivity index (χ3v) is 7.93. The minimum absolute atomic E-state index is 0.0277. The Morgan fingerprint density at radius 1 is 1.00 bits per heavy atom. The number of methoxy groups -OCH3 is 1. The van der Waals surface area contributed by atoms with Crippen molar-refractivity contribution in [2.45, 2.75) is 77.5 Å². The fourth-order valence-corrected chi connectivity index (χ4v) is 5.00. The van der Waals surface area contributed by atoms with Crippen LogP contribution in [-0.2, 0) is 32.1 Å². The number of carbonyl (C=O) groups excluding carboxylic acids is 4. The van der Waals surface area contributed by atoms with E-state index in [0.717, 1.165) is 37.9 Å². The van der Waals surface area contributed by atoms with E-state index in [4.69, 9.17) is 9.26 Å². The molecule has 2 fully saturated rings. The molecule has 0 radical (unpaired) electrons. The van der Waals surface area contributed by atoms with Gasteiger partial charge in [0.1, 0.15) is 12.1 Å². The summed E-state index contributed by atoms with van der Waals surface area (Å²) in [6.07, 6.45) is 3.46. The SMILES string of the molecule is COC[C@H](NC(=O)c1cc(CN2CCC2)on1)C(=O)N[C@@H](Cc1ccccc1)C(=O)N[C@@H](CC(C)C)C(=O)C1(C)CC1. The first kappa shape index (κ1) is 31.4. The van der Waals surface area contributed by atoms with Crippen LogP contribution in [0.3, 0.4) is 0 Å². The molecule has 42 heavy (non-hydrogen) atoms. The van der Waals surface area contributed by atoms with Crippen molar-refractivity contribution in [2.24, 2.45) is 11.3 Å². The zero-order chi connectivity index (χ0) is 30.3. The first-order chi connectivity index (χ1) is 20.1. The summed E-state index contributed by atoms with van der Waals surface area (Å²) in [6.45, 7) is 8.33. The number of hydrogen-bond donors (Lipinski definition) is 3. The van der Waals surface area contributed by atoms with Crippen LogP contribution in [0.1, 0.15) is 68.3 Å². The highest BCUT2D eigenvalue weighted by Crippen LogP contribution is 2.47. The van der Waals surface area contributed by atoms with E-state index in [1.807, 2.05) is 51.1 Å². The molecule has 3 amide bonds. The van der Waals surface area contributed by atoms with Crippen LogP contribution in [0.4, 0.5) is 0 Å². The molecule has 1 aromatic heterocycles. The van der Waals surface area contributed by atoms with Crippen molar-refractivity contribution in [1.82, 2.24) is 26.0 Å². The molecule has 1 saturated carbocycles. The maximum Gasteiger partial charge on any atom is 0.274 e. The molecule has 3 atom stereocenters. The van der Waals surface area contributed by atoms with E-state index in [-0.39, 0.29) is 30.4 Å². The Hall–Kier alpha value is -3.57. The van der Waals surface area contributed by atoms with Gasteiger partial charge in [-0.25, -0.2) is 0 Å². The third kappa shape index (κ3) is 8.48. The Kier molecular flexibility index (Phi) is 10.5. The van der Waals surface area contributed by atoms with Crippen LogP contribution >= 0.6 is 0 Å². The van der Waals surface area contributed by atoms with E-state index in [2.05, 4.69) is 26.0 Å². The molecular weight excluding hydrogens is 538 g/mol. The lowest BCUT2D eigenvalue weighted by Gasteiger charge is -2.29. The van der Waals surface area contributed by atoms with Gasteiger partial charge in [-0.05, 0) is 50.3 Å². The molecule has 0 bridgehead atoms. The molecule has 1 saturated heterocycles. The van der Waals surface area contributed by atoms with Gasteiger partial charge in [0.25, 0.3) is 5.91 Å². The van der Waals surface area contributed by atoms with Gasteiger partial charge in [0.15, 0.2) is 17.2 Å². The number of amides is 3. The average Bonchev–Trinajstić information content (AvgIpc) is 3.51. The number of nitrogens with one attached hydrogen (secondary N) is 3. The number of ketones is 1. The number of aromatic nitrogens is 1. The van der Waals surface area contributed by atoms with E-state index in [1.54, 1.807) is 6.07 Å². The lowest BCUT2D eigenvalue weighted by Crippen LogP contribution is -2.57. The monoisotopic (exact) mass is 581 g/mol. The average molecular weight is 582 g/mol. The molecular formula is C31H43N5O6. The van der Waals surface area contributed by atoms with E-state index in [9.17, 15) is 19.2 Å². The van der Waals surface area contributed by atoms with Gasteiger partial charge in [-0.3, -0.25) is 24.1 Å². The van der Waals surface area contributed by atoms with Gasteiger partial charge in [-0.2, -0.15) is 0 Å². The highest BCUT2D eigenvalue weighted by atomic mass is 16.5. The zero-order valence-corrected chi connectivity index (χ0v) is 25.0. The van der Waals surface area contributed by atoms with Crippen LogP contribution in [0, 0.1) is 11.3 Å². The van der Waals surface area contributed by atoms with Crippen LogP contribution in [0.25, 0.3) is 0 Å². The van der Waals surface area contributed by atoms with Gasteiger partial charge in [0.2, 0.25) is 11.8 Å². The van der Waals surface area contributed by atoms with Crippen molar-refractivity contribution in [3.8, 4) is 0 Å². The molecule has 2 aromatic rings. The van der Waals surface area contributed by atoms with Crippen molar-refractivity contribution in [3.05, 3.63) is 53.4 Å². The molecule has 11 nitrogen and oxygen atoms in total. The smallest absolute Gasteiger partial charge is 0.274 e. The number of Topliss-reactive ketones (excluding diaryl/α,β-unsaturated/α-hetero) is 1. The lowest BCUT2D eigenvalue weighted by atomic mass is 9.91. The molecule has 2 heterocycles. The summed E-state index contributed by atoms with van der Waals surface area (Å²) in [7, 11) is 1.42. The van der Waals surface area contributed by atoms with Gasteiger partial charge >= 0.3 is 0 Å². The number of nitrogens with zero attached hydrogens (tertiary/aromatic N) is 2. The predicted molar refractivity (Wildman–Crippen MR) is 155 cm³/mol. The van der Waals surface area contributed by atoms with Crippen LogP contribution < -0.4 is 16.0 Å². The Labute approximate surface area is 247 Å². The van der Waals surface area contributed by atoms with Crippen LogP contribution in [-0.4, -0.2) is 78.5 Å². The number of benzene rings is 1. The molecule has 11 heteroatoms. The largest absolute Gasteiger partial charge is 0.382 e. The molecule has 4 rings (SSSR count). The first-order valence-electron chi connectivity index (χ1n) is 14.7. The van der Waals surface area contributed by atoms with Crippen molar-refractivity contribution >= 4 is 23.5 Å². The molecule has 0 spiro atoms. The minimum Gasteiger partial charge on any atom is -0.382 e. The minimum atomic E-state index is -1.09. The fourth-order valence-electron chi connectivity index (χ4n) is 5.00. The van der Waals surface area contributed by atoms with Crippen molar-refractivity contribution < 1.29 is 28.4 Å². The molecule has 3 N–H and O–H groups in total. The second-order valence-corrected chi connectivity index (χ2v) is 12.2. The van der Waals surface area contributed by atoms with Crippen molar-refractivity contribution in [3.63, 3.8) is 0 Å². The summed E-state index contributed by atoms with van der Waals surface area (Å²) in [5.41, 5.74) is 0.486. The molecule has 228 valence electrons. The van der Waals surface area contributed by atoms with Crippen molar-refractivity contribution in [1.29, 1.82) is 0 Å². The van der Waals surface area contributed by atoms with Gasteiger partial charge in [0, 0.05) is 25.0 Å². The zero-order valence-electron chi connectivity index (χ0n) is 25.0. The van der Waals surface area contributed by atoms with Crippen molar-refractivity contribution in [2.75, 3.05) is 26.8 Å². The Morgan fingerprint density at radius 3 is 2.26 bits per heavy atom. The van der Waals surface area contributed by atoms with E-state index < -0.39 is 41.3 Å². The van der Waals surface area contributed by atoms with Crippen LogP contribution in [0.15, 0.2) is 40.9 Å². The number of carbonyl (C=O) groups is 4. The summed E-state index contributed by atoms with van der Waals surface area (Å²) < 4.78 is 10.5. The fraction of sp³-hybridized carbons (Fsp3) is 0.581. The molecule has 1 aliphatic carbocycles. The molecule has 2 aliphatic rings. The molecule has 1 aromatic carbocycles. The second kappa shape index (κ2) is 14.1. The second-order valence-electron chi connectivity index (χ2n) is 12.2. The quantitative estimate of drug-likeness (QED) is 0.274. The number of hydrogen-bond acceptors (Lipinski definition) is 8. The summed E-state index contributed by atoms with van der Waals surface area (Å²) >= 11 is 0. The summed E-state index contributed by atoms with van der Waals surface area (Å²) in [5, 5.41) is 12.2. The molecule has 1 aliphatic heterocycles. The Bertz CT molecular complexity index is 1240. The summed E-state index contributed by atoms with van der Waals surface area (Å²) in [5.74, 6) is -0.850. The maximum absolute atomic E-state index is 13.6. The van der Waals surface area contributed by atoms with E-state index >= 15 is 0 Å². The summed E-state index contributed by atoms with van der Waals surface area (Å²) in [4.78, 5) is 55.5. The topological polar surface area (TPSA) is 143 Å².